The van der Waals surface area contributed by atoms with E-state index in [1.807, 2.05) is 13.0 Å². The van der Waals surface area contributed by atoms with Crippen molar-refractivity contribution in [2.24, 2.45) is 0 Å². The van der Waals surface area contributed by atoms with Crippen LogP contribution in [-0.4, -0.2) is 37.7 Å². The molecular formula is C11H18N4O2. The molecule has 17 heavy (non-hydrogen) atoms. The molecule has 1 amide bonds. The van der Waals surface area contributed by atoms with Gasteiger partial charge in [-0.15, -0.1) is 0 Å². The Labute approximate surface area is 101 Å². The van der Waals surface area contributed by atoms with Crippen LogP contribution in [-0.2, 0) is 9.53 Å². The van der Waals surface area contributed by atoms with Crippen LogP contribution < -0.4 is 16.4 Å². The minimum atomic E-state index is -0.121. The number of hydrogen-bond acceptors (Lipinski definition) is 5. The number of ether oxygens (including phenoxy) is 1. The van der Waals surface area contributed by atoms with Crippen LogP contribution in [0.3, 0.4) is 0 Å². The molecule has 94 valence electrons. The fraction of sp³-hybridized carbons (Fsp3) is 0.455. The molecule has 1 heterocycles. The Morgan fingerprint density at radius 1 is 1.53 bits per heavy atom. The fourth-order valence-electron chi connectivity index (χ4n) is 1.23. The zero-order chi connectivity index (χ0) is 12.7. The maximum Gasteiger partial charge on any atom is 0.239 e. The number of amides is 1. The van der Waals surface area contributed by atoms with Crippen molar-refractivity contribution < 1.29 is 9.53 Å². The van der Waals surface area contributed by atoms with Crippen LogP contribution >= 0.6 is 0 Å². The van der Waals surface area contributed by atoms with Crippen LogP contribution in [0.1, 0.15) is 5.69 Å². The number of rotatable bonds is 6. The third kappa shape index (κ3) is 4.69. The summed E-state index contributed by atoms with van der Waals surface area (Å²) in [5.41, 5.74) is 7.10. The lowest BCUT2D eigenvalue weighted by Crippen LogP contribution is -2.32. The van der Waals surface area contributed by atoms with E-state index in [9.17, 15) is 4.79 Å². The van der Waals surface area contributed by atoms with Gasteiger partial charge in [0, 0.05) is 19.3 Å². The maximum atomic E-state index is 11.4. The normalized spacial score (nSPS) is 10.0. The van der Waals surface area contributed by atoms with Crippen molar-refractivity contribution in [1.29, 1.82) is 0 Å². The van der Waals surface area contributed by atoms with Gasteiger partial charge < -0.3 is 21.1 Å². The van der Waals surface area contributed by atoms with E-state index >= 15 is 0 Å². The fourth-order valence-corrected chi connectivity index (χ4v) is 1.23. The minimum absolute atomic E-state index is 0.121. The molecule has 6 nitrogen and oxygen atoms in total. The van der Waals surface area contributed by atoms with Crippen molar-refractivity contribution in [1.82, 2.24) is 10.3 Å². The number of nitrogens with one attached hydrogen (secondary N) is 2. The van der Waals surface area contributed by atoms with Crippen LogP contribution in [0, 0.1) is 6.92 Å². The van der Waals surface area contributed by atoms with Gasteiger partial charge in [-0.1, -0.05) is 0 Å². The maximum absolute atomic E-state index is 11.4. The number of aryl methyl sites for hydroxylation is 1. The summed E-state index contributed by atoms with van der Waals surface area (Å²) in [5, 5.41) is 5.58. The zero-order valence-corrected chi connectivity index (χ0v) is 10.1. The number of anilines is 2. The molecule has 0 atom stereocenters. The molecule has 0 saturated heterocycles. The highest BCUT2D eigenvalue weighted by Crippen LogP contribution is 2.14. The first-order valence-corrected chi connectivity index (χ1v) is 5.36. The van der Waals surface area contributed by atoms with E-state index in [4.69, 9.17) is 10.5 Å². The average Bonchev–Trinajstić information content (AvgIpc) is 2.31. The summed E-state index contributed by atoms with van der Waals surface area (Å²) in [6.45, 7) is 3.00. The van der Waals surface area contributed by atoms with Gasteiger partial charge in [-0.2, -0.15) is 0 Å². The van der Waals surface area contributed by atoms with E-state index in [1.54, 1.807) is 13.2 Å². The average molecular weight is 238 g/mol. The number of nitrogens with zero attached hydrogens (tertiary/aromatic N) is 1. The molecule has 4 N–H and O–H groups in total. The number of carbonyl (C=O) groups excluding carboxylic acids is 1. The standard InChI is InChI=1S/C11H18N4O2/c1-8-3-4-9(12)11(15-8)14-7-10(16)13-5-6-17-2/h3-4H,5-7,12H2,1-2H3,(H,13,16)(H,14,15). The highest BCUT2D eigenvalue weighted by molar-refractivity contribution is 5.81. The molecule has 0 aliphatic carbocycles. The summed E-state index contributed by atoms with van der Waals surface area (Å²) in [6.07, 6.45) is 0. The summed E-state index contributed by atoms with van der Waals surface area (Å²) in [6, 6.07) is 3.58. The Hall–Kier alpha value is -1.82. The molecule has 0 unspecified atom stereocenters. The van der Waals surface area contributed by atoms with Gasteiger partial charge in [0.25, 0.3) is 0 Å². The summed E-state index contributed by atoms with van der Waals surface area (Å²) in [7, 11) is 1.59. The first-order valence-electron chi connectivity index (χ1n) is 5.36. The van der Waals surface area contributed by atoms with Gasteiger partial charge in [0.1, 0.15) is 5.82 Å². The Morgan fingerprint density at radius 3 is 3.00 bits per heavy atom. The molecule has 1 aromatic heterocycles. The molecular weight excluding hydrogens is 220 g/mol. The Bertz CT molecular complexity index is 382. The van der Waals surface area contributed by atoms with E-state index in [0.29, 0.717) is 24.7 Å². The van der Waals surface area contributed by atoms with Gasteiger partial charge in [0.05, 0.1) is 18.8 Å². The lowest BCUT2D eigenvalue weighted by atomic mass is 10.3. The van der Waals surface area contributed by atoms with E-state index in [-0.39, 0.29) is 12.5 Å². The van der Waals surface area contributed by atoms with Crippen molar-refractivity contribution in [2.45, 2.75) is 6.92 Å². The van der Waals surface area contributed by atoms with Crippen molar-refractivity contribution >= 4 is 17.4 Å². The van der Waals surface area contributed by atoms with Crippen molar-refractivity contribution in [3.63, 3.8) is 0 Å². The largest absolute Gasteiger partial charge is 0.396 e. The van der Waals surface area contributed by atoms with Crippen LogP contribution in [0.5, 0.6) is 0 Å². The van der Waals surface area contributed by atoms with Crippen LogP contribution in [0.2, 0.25) is 0 Å². The lowest BCUT2D eigenvalue weighted by Gasteiger charge is -2.09. The second-order valence-electron chi connectivity index (χ2n) is 3.59. The highest BCUT2D eigenvalue weighted by atomic mass is 16.5. The Balaban J connectivity index is 2.39. The number of carbonyl (C=O) groups is 1. The molecule has 0 fully saturated rings. The molecule has 1 aromatic rings. The quantitative estimate of drug-likeness (QED) is 0.614. The second-order valence-corrected chi connectivity index (χ2v) is 3.59. The van der Waals surface area contributed by atoms with E-state index in [2.05, 4.69) is 15.6 Å². The number of methoxy groups -OCH3 is 1. The molecule has 0 saturated carbocycles. The van der Waals surface area contributed by atoms with Crippen LogP contribution in [0.4, 0.5) is 11.5 Å². The third-order valence-electron chi connectivity index (χ3n) is 2.11. The molecule has 0 aliphatic heterocycles. The highest BCUT2D eigenvalue weighted by Gasteiger charge is 2.04. The monoisotopic (exact) mass is 238 g/mol. The number of aromatic nitrogens is 1. The second kappa shape index (κ2) is 6.70. The predicted molar refractivity (Wildman–Crippen MR) is 66.8 cm³/mol. The minimum Gasteiger partial charge on any atom is -0.396 e. The molecule has 0 radical (unpaired) electrons. The summed E-state index contributed by atoms with van der Waals surface area (Å²) < 4.78 is 4.82. The summed E-state index contributed by atoms with van der Waals surface area (Å²) in [5.74, 6) is 0.414. The molecule has 0 aromatic carbocycles. The molecule has 6 heteroatoms. The topological polar surface area (TPSA) is 89.3 Å². The van der Waals surface area contributed by atoms with Crippen molar-refractivity contribution in [2.75, 3.05) is 37.9 Å². The van der Waals surface area contributed by atoms with Gasteiger partial charge in [-0.25, -0.2) is 4.98 Å². The third-order valence-corrected chi connectivity index (χ3v) is 2.11. The SMILES string of the molecule is COCCNC(=O)CNc1nc(C)ccc1N. The lowest BCUT2D eigenvalue weighted by molar-refractivity contribution is -0.119. The molecule has 0 bridgehead atoms. The van der Waals surface area contributed by atoms with Gasteiger partial charge in [0.2, 0.25) is 5.91 Å². The van der Waals surface area contributed by atoms with Gasteiger partial charge in [-0.3, -0.25) is 4.79 Å². The van der Waals surface area contributed by atoms with E-state index < -0.39 is 0 Å². The van der Waals surface area contributed by atoms with Gasteiger partial charge in [-0.05, 0) is 19.1 Å². The first-order chi connectivity index (χ1) is 8.13. The molecule has 0 spiro atoms. The van der Waals surface area contributed by atoms with E-state index in [0.717, 1.165) is 5.69 Å². The first kappa shape index (κ1) is 13.2. The summed E-state index contributed by atoms with van der Waals surface area (Å²) in [4.78, 5) is 15.6. The molecule has 1 rings (SSSR count). The Morgan fingerprint density at radius 2 is 2.29 bits per heavy atom. The molecule has 0 aliphatic rings. The zero-order valence-electron chi connectivity index (χ0n) is 10.1. The Kier molecular flexibility index (Phi) is 5.22. The number of pyridine rings is 1. The summed E-state index contributed by atoms with van der Waals surface area (Å²) >= 11 is 0. The van der Waals surface area contributed by atoms with Crippen LogP contribution in [0.25, 0.3) is 0 Å². The van der Waals surface area contributed by atoms with Crippen LogP contribution in [0.15, 0.2) is 12.1 Å². The van der Waals surface area contributed by atoms with Crippen molar-refractivity contribution in [3.05, 3.63) is 17.8 Å². The van der Waals surface area contributed by atoms with Gasteiger partial charge >= 0.3 is 0 Å². The van der Waals surface area contributed by atoms with Gasteiger partial charge in [0.15, 0.2) is 0 Å². The van der Waals surface area contributed by atoms with Crippen molar-refractivity contribution in [3.8, 4) is 0 Å². The number of nitrogens with two attached hydrogens (primary N) is 1. The smallest absolute Gasteiger partial charge is 0.239 e. The van der Waals surface area contributed by atoms with E-state index in [1.165, 1.54) is 0 Å². The predicted octanol–water partition coefficient (Wildman–Crippen LogP) is 0.147. The number of hydrogen-bond donors (Lipinski definition) is 3. The number of nitrogen functional groups attached to an aromatic ring is 1.